The summed E-state index contributed by atoms with van der Waals surface area (Å²) < 4.78 is 5.48. The Labute approximate surface area is 176 Å². The number of nitrogens with one attached hydrogen (secondary N) is 2. The molecule has 1 saturated heterocycles. The highest BCUT2D eigenvalue weighted by Crippen LogP contribution is 2.28. The molecule has 7 nitrogen and oxygen atoms in total. The monoisotopic (exact) mass is 405 g/mol. The average Bonchev–Trinajstić information content (AvgIpc) is 2.80. The molecule has 2 N–H and O–H groups in total. The van der Waals surface area contributed by atoms with Gasteiger partial charge in [0.15, 0.2) is 0 Å². The van der Waals surface area contributed by atoms with E-state index in [9.17, 15) is 4.79 Å². The molecular weight excluding hydrogens is 378 g/mol. The van der Waals surface area contributed by atoms with E-state index in [4.69, 9.17) is 4.74 Å². The lowest BCUT2D eigenvalue weighted by atomic mass is 10.2. The molecule has 2 heterocycles. The van der Waals surface area contributed by atoms with Crippen molar-refractivity contribution in [2.24, 2.45) is 0 Å². The molecule has 0 bridgehead atoms. The summed E-state index contributed by atoms with van der Waals surface area (Å²) >= 11 is 0. The zero-order chi connectivity index (χ0) is 20.8. The fourth-order valence-corrected chi connectivity index (χ4v) is 3.80. The highest BCUT2D eigenvalue weighted by molar-refractivity contribution is 6.00. The van der Waals surface area contributed by atoms with E-state index in [0.29, 0.717) is 6.54 Å². The number of pyridine rings is 1. The van der Waals surface area contributed by atoms with Crippen molar-refractivity contribution in [3.05, 3.63) is 60.8 Å². The molecule has 0 spiro atoms. The summed E-state index contributed by atoms with van der Waals surface area (Å²) in [6, 6.07) is 17.5. The molecule has 2 amide bonds. The number of carbonyl (C=O) groups excluding carboxylic acids is 1. The first kappa shape index (κ1) is 20.0. The van der Waals surface area contributed by atoms with E-state index >= 15 is 0 Å². The molecule has 1 fully saturated rings. The van der Waals surface area contributed by atoms with Gasteiger partial charge in [-0.15, -0.1) is 0 Å². The second kappa shape index (κ2) is 9.45. The largest absolute Gasteiger partial charge is 0.495 e. The molecule has 1 aliphatic heterocycles. The number of carbonyl (C=O) groups is 1. The van der Waals surface area contributed by atoms with E-state index < -0.39 is 0 Å². The predicted octanol–water partition coefficient (Wildman–Crippen LogP) is 3.19. The van der Waals surface area contributed by atoms with E-state index in [0.717, 1.165) is 60.8 Å². The van der Waals surface area contributed by atoms with Gasteiger partial charge in [0.1, 0.15) is 5.75 Å². The maximum Gasteiger partial charge on any atom is 0.319 e. The van der Waals surface area contributed by atoms with Crippen LogP contribution in [0.15, 0.2) is 60.8 Å². The van der Waals surface area contributed by atoms with E-state index in [1.807, 2.05) is 48.5 Å². The highest BCUT2D eigenvalue weighted by atomic mass is 16.5. The number of aromatic nitrogens is 1. The van der Waals surface area contributed by atoms with Gasteiger partial charge >= 0.3 is 6.03 Å². The summed E-state index contributed by atoms with van der Waals surface area (Å²) in [6.45, 7) is 5.21. The molecule has 1 aliphatic rings. The van der Waals surface area contributed by atoms with Crippen LogP contribution in [0.25, 0.3) is 10.9 Å². The summed E-state index contributed by atoms with van der Waals surface area (Å²) in [6.07, 6.45) is 1.71. The first-order valence-corrected chi connectivity index (χ1v) is 10.2. The minimum absolute atomic E-state index is 0.195. The van der Waals surface area contributed by atoms with Crippen LogP contribution in [0.5, 0.6) is 5.75 Å². The maximum atomic E-state index is 12.3. The number of ether oxygens (including phenoxy) is 1. The summed E-state index contributed by atoms with van der Waals surface area (Å²) in [5, 5.41) is 6.82. The average molecular weight is 406 g/mol. The van der Waals surface area contributed by atoms with Crippen LogP contribution in [0.4, 0.5) is 16.2 Å². The van der Waals surface area contributed by atoms with Gasteiger partial charge in [0, 0.05) is 50.9 Å². The number of anilines is 2. The number of nitrogens with zero attached hydrogens (tertiary/aromatic N) is 3. The number of fused-ring (bicyclic) bond motifs is 1. The van der Waals surface area contributed by atoms with Crippen molar-refractivity contribution in [3.63, 3.8) is 0 Å². The van der Waals surface area contributed by atoms with Crippen molar-refractivity contribution >= 4 is 28.3 Å². The highest BCUT2D eigenvalue weighted by Gasteiger charge is 2.19. The second-order valence-corrected chi connectivity index (χ2v) is 7.26. The van der Waals surface area contributed by atoms with Gasteiger partial charge in [0.05, 0.1) is 24.0 Å². The molecule has 3 aromatic rings. The smallest absolute Gasteiger partial charge is 0.319 e. The van der Waals surface area contributed by atoms with Gasteiger partial charge in [0.2, 0.25) is 0 Å². The van der Waals surface area contributed by atoms with Gasteiger partial charge in [0.25, 0.3) is 0 Å². The van der Waals surface area contributed by atoms with Crippen molar-refractivity contribution in [3.8, 4) is 5.75 Å². The van der Waals surface area contributed by atoms with Gasteiger partial charge in [-0.3, -0.25) is 9.88 Å². The first-order chi connectivity index (χ1) is 14.7. The molecule has 4 rings (SSSR count). The van der Waals surface area contributed by atoms with Gasteiger partial charge in [-0.1, -0.05) is 30.3 Å². The molecule has 30 heavy (non-hydrogen) atoms. The first-order valence-electron chi connectivity index (χ1n) is 10.2. The Morgan fingerprint density at radius 3 is 2.63 bits per heavy atom. The fraction of sp³-hybridized carbons (Fsp3) is 0.304. The third-order valence-electron chi connectivity index (χ3n) is 5.41. The Kier molecular flexibility index (Phi) is 6.29. The molecular formula is C23H27N5O2. The van der Waals surface area contributed by atoms with E-state index in [-0.39, 0.29) is 6.03 Å². The Hall–Kier alpha value is -3.32. The van der Waals surface area contributed by atoms with Gasteiger partial charge in [-0.05, 0) is 24.3 Å². The zero-order valence-electron chi connectivity index (χ0n) is 17.2. The summed E-state index contributed by atoms with van der Waals surface area (Å²) in [7, 11) is 1.71. The third-order valence-corrected chi connectivity index (χ3v) is 5.41. The van der Waals surface area contributed by atoms with Crippen molar-refractivity contribution in [1.82, 2.24) is 15.2 Å². The van der Waals surface area contributed by atoms with Crippen LogP contribution in [0.1, 0.15) is 0 Å². The topological polar surface area (TPSA) is 69.7 Å². The number of piperazine rings is 1. The summed E-state index contributed by atoms with van der Waals surface area (Å²) in [5.74, 6) is 0.910. The predicted molar refractivity (Wildman–Crippen MR) is 120 cm³/mol. The normalized spacial score (nSPS) is 14.5. The van der Waals surface area contributed by atoms with Gasteiger partial charge < -0.3 is 20.3 Å². The number of para-hydroxylation sites is 3. The number of hydrogen-bond acceptors (Lipinski definition) is 5. The molecule has 0 radical (unpaired) electrons. The van der Waals surface area contributed by atoms with Crippen LogP contribution in [0, 0.1) is 0 Å². The van der Waals surface area contributed by atoms with Crippen LogP contribution in [0.3, 0.4) is 0 Å². The van der Waals surface area contributed by atoms with E-state index in [1.165, 1.54) is 0 Å². The van der Waals surface area contributed by atoms with Crippen LogP contribution in [0.2, 0.25) is 0 Å². The number of rotatable bonds is 6. The number of amides is 2. The van der Waals surface area contributed by atoms with Crippen molar-refractivity contribution in [2.75, 3.05) is 56.6 Å². The quantitative estimate of drug-likeness (QED) is 0.659. The minimum Gasteiger partial charge on any atom is -0.495 e. The van der Waals surface area contributed by atoms with Crippen molar-refractivity contribution < 1.29 is 9.53 Å². The van der Waals surface area contributed by atoms with Crippen LogP contribution >= 0.6 is 0 Å². The second-order valence-electron chi connectivity index (χ2n) is 7.26. The molecule has 156 valence electrons. The Morgan fingerprint density at radius 1 is 1.03 bits per heavy atom. The molecule has 0 aliphatic carbocycles. The standard InChI is InChI=1S/C23H27N5O2/c1-30-22-9-5-4-8-21(22)28-16-14-27(15-17-28)13-12-25-23(29)26-20-10-11-24-19-7-3-2-6-18(19)20/h2-11H,12-17H2,1H3,(H2,24,25,26,29). The number of benzene rings is 2. The molecule has 0 saturated carbocycles. The summed E-state index contributed by atoms with van der Waals surface area (Å²) in [5.41, 5.74) is 2.77. The fourth-order valence-electron chi connectivity index (χ4n) is 3.80. The van der Waals surface area contributed by atoms with Crippen molar-refractivity contribution in [2.45, 2.75) is 0 Å². The molecule has 1 aromatic heterocycles. The van der Waals surface area contributed by atoms with E-state index in [1.54, 1.807) is 13.3 Å². The minimum atomic E-state index is -0.195. The number of methoxy groups -OCH3 is 1. The lowest BCUT2D eigenvalue weighted by Gasteiger charge is -2.36. The van der Waals surface area contributed by atoms with Crippen LogP contribution < -0.4 is 20.3 Å². The van der Waals surface area contributed by atoms with Crippen LogP contribution in [-0.4, -0.2) is 62.3 Å². The number of hydrogen-bond donors (Lipinski definition) is 2. The van der Waals surface area contributed by atoms with E-state index in [2.05, 4.69) is 31.5 Å². The SMILES string of the molecule is COc1ccccc1N1CCN(CCNC(=O)Nc2ccnc3ccccc23)CC1. The third kappa shape index (κ3) is 4.63. The molecule has 2 aromatic carbocycles. The molecule has 0 unspecified atom stereocenters. The van der Waals surface area contributed by atoms with Gasteiger partial charge in [-0.2, -0.15) is 0 Å². The molecule has 7 heteroatoms. The number of urea groups is 1. The lowest BCUT2D eigenvalue weighted by Crippen LogP contribution is -2.48. The molecule has 0 atom stereocenters. The van der Waals surface area contributed by atoms with Crippen molar-refractivity contribution in [1.29, 1.82) is 0 Å². The zero-order valence-corrected chi connectivity index (χ0v) is 17.2. The summed E-state index contributed by atoms with van der Waals surface area (Å²) in [4.78, 5) is 21.4. The lowest BCUT2D eigenvalue weighted by molar-refractivity contribution is 0.240. The Morgan fingerprint density at radius 2 is 1.80 bits per heavy atom. The van der Waals surface area contributed by atoms with Gasteiger partial charge in [-0.25, -0.2) is 4.79 Å². The van der Waals surface area contributed by atoms with Crippen LogP contribution in [-0.2, 0) is 0 Å². The Bertz CT molecular complexity index is 996. The maximum absolute atomic E-state index is 12.3. The Balaban J connectivity index is 1.23.